The van der Waals surface area contributed by atoms with Crippen LogP contribution >= 0.6 is 15.9 Å². The van der Waals surface area contributed by atoms with Crippen molar-refractivity contribution < 1.29 is 4.74 Å². The second-order valence-corrected chi connectivity index (χ2v) is 6.74. The van der Waals surface area contributed by atoms with Crippen molar-refractivity contribution in [3.8, 4) is 5.88 Å². The molecule has 0 bridgehead atoms. The third kappa shape index (κ3) is 4.43. The van der Waals surface area contributed by atoms with Gasteiger partial charge in [-0.05, 0) is 21.5 Å². The largest absolute Gasteiger partial charge is 0.480 e. The predicted octanol–water partition coefficient (Wildman–Crippen LogP) is 2.15. The lowest BCUT2D eigenvalue weighted by Gasteiger charge is -2.36. The summed E-state index contributed by atoms with van der Waals surface area (Å²) >= 11 is 3.39. The van der Waals surface area contributed by atoms with Crippen molar-refractivity contribution in [1.29, 1.82) is 0 Å². The van der Waals surface area contributed by atoms with E-state index in [4.69, 9.17) is 4.74 Å². The molecule has 0 spiro atoms. The molecule has 3 rings (SSSR count). The molecule has 138 valence electrons. The van der Waals surface area contributed by atoms with Gasteiger partial charge in [0.15, 0.2) is 5.96 Å². The number of hydrogen-bond acceptors (Lipinski definition) is 5. The number of anilines is 1. The van der Waals surface area contributed by atoms with Crippen molar-refractivity contribution in [2.75, 3.05) is 45.2 Å². The van der Waals surface area contributed by atoms with E-state index in [2.05, 4.69) is 58.1 Å². The number of methoxy groups -OCH3 is 1. The molecule has 1 saturated heterocycles. The number of nitrogens with zero attached hydrogens (tertiary/aromatic N) is 5. The van der Waals surface area contributed by atoms with Crippen LogP contribution in [0.15, 0.2) is 46.0 Å². The molecule has 1 N–H and O–H groups in total. The molecule has 0 radical (unpaired) electrons. The average molecular weight is 419 g/mol. The van der Waals surface area contributed by atoms with E-state index in [-0.39, 0.29) is 0 Å². The molecular formula is C18H23BrN6O. The minimum absolute atomic E-state index is 0.553. The zero-order valence-corrected chi connectivity index (χ0v) is 16.6. The summed E-state index contributed by atoms with van der Waals surface area (Å²) in [6.07, 6.45) is 1.73. The van der Waals surface area contributed by atoms with Gasteiger partial charge in [-0.2, -0.15) is 4.98 Å². The Hall–Kier alpha value is -2.35. The third-order valence-electron chi connectivity index (χ3n) is 4.26. The Labute approximate surface area is 162 Å². The summed E-state index contributed by atoms with van der Waals surface area (Å²) in [7, 11) is 3.43. The lowest BCUT2D eigenvalue weighted by molar-refractivity contribution is 0.366. The number of aliphatic imine (C=N–C) groups is 1. The number of rotatable bonds is 4. The Bertz CT molecular complexity index is 747. The number of hydrogen-bond donors (Lipinski definition) is 1. The Balaban J connectivity index is 1.57. The molecule has 7 nitrogen and oxygen atoms in total. The van der Waals surface area contributed by atoms with E-state index in [9.17, 15) is 0 Å². The Kier molecular flexibility index (Phi) is 6.27. The quantitative estimate of drug-likeness (QED) is 0.605. The first-order chi connectivity index (χ1) is 12.7. The molecule has 2 aromatic rings. The third-order valence-corrected chi connectivity index (χ3v) is 4.80. The number of benzene rings is 1. The van der Waals surface area contributed by atoms with Crippen molar-refractivity contribution in [2.24, 2.45) is 4.99 Å². The molecule has 1 aliphatic rings. The maximum absolute atomic E-state index is 5.26. The van der Waals surface area contributed by atoms with Gasteiger partial charge in [0.05, 0.1) is 17.8 Å². The molecule has 26 heavy (non-hydrogen) atoms. The van der Waals surface area contributed by atoms with Crippen LogP contribution in [-0.4, -0.2) is 61.2 Å². The van der Waals surface area contributed by atoms with Gasteiger partial charge in [-0.15, -0.1) is 0 Å². The van der Waals surface area contributed by atoms with Crippen LogP contribution in [0.2, 0.25) is 0 Å². The Morgan fingerprint density at radius 3 is 2.62 bits per heavy atom. The monoisotopic (exact) mass is 418 g/mol. The molecule has 1 fully saturated rings. The van der Waals surface area contributed by atoms with Crippen LogP contribution in [0.3, 0.4) is 0 Å². The van der Waals surface area contributed by atoms with Crippen molar-refractivity contribution in [1.82, 2.24) is 20.2 Å². The van der Waals surface area contributed by atoms with Crippen LogP contribution < -0.4 is 15.0 Å². The maximum atomic E-state index is 5.26. The highest BCUT2D eigenvalue weighted by atomic mass is 79.9. The number of ether oxygens (including phenoxy) is 1. The summed E-state index contributed by atoms with van der Waals surface area (Å²) in [6.45, 7) is 4.14. The fourth-order valence-electron chi connectivity index (χ4n) is 2.87. The molecule has 8 heteroatoms. The SMILES string of the molecule is CN=C(NCc1ccccc1)N1CCN(c2ncc(Br)c(OC)n2)CC1. The molecule has 1 aliphatic heterocycles. The van der Waals surface area contributed by atoms with Crippen LogP contribution in [0.5, 0.6) is 5.88 Å². The molecule has 0 aliphatic carbocycles. The second kappa shape index (κ2) is 8.84. The van der Waals surface area contributed by atoms with E-state index < -0.39 is 0 Å². The summed E-state index contributed by atoms with van der Waals surface area (Å²) < 4.78 is 6.02. The van der Waals surface area contributed by atoms with Gasteiger partial charge in [-0.25, -0.2) is 4.98 Å². The van der Waals surface area contributed by atoms with E-state index in [1.54, 1.807) is 13.3 Å². The van der Waals surface area contributed by atoms with Gasteiger partial charge in [0.25, 0.3) is 0 Å². The fourth-order valence-corrected chi connectivity index (χ4v) is 3.22. The first-order valence-corrected chi connectivity index (χ1v) is 9.31. The highest BCUT2D eigenvalue weighted by molar-refractivity contribution is 9.10. The van der Waals surface area contributed by atoms with Crippen molar-refractivity contribution in [3.63, 3.8) is 0 Å². The normalized spacial score (nSPS) is 15.1. The van der Waals surface area contributed by atoms with Crippen LogP contribution in [0, 0.1) is 0 Å². The fraction of sp³-hybridized carbons (Fsp3) is 0.389. The minimum atomic E-state index is 0.553. The van der Waals surface area contributed by atoms with Crippen molar-refractivity contribution >= 4 is 27.8 Å². The highest BCUT2D eigenvalue weighted by Crippen LogP contribution is 2.23. The predicted molar refractivity (Wildman–Crippen MR) is 107 cm³/mol. The van der Waals surface area contributed by atoms with Crippen molar-refractivity contribution in [2.45, 2.75) is 6.54 Å². The van der Waals surface area contributed by atoms with E-state index in [0.29, 0.717) is 11.8 Å². The zero-order valence-electron chi connectivity index (χ0n) is 15.0. The second-order valence-electron chi connectivity index (χ2n) is 5.89. The first-order valence-electron chi connectivity index (χ1n) is 8.52. The molecular weight excluding hydrogens is 396 g/mol. The first kappa shape index (κ1) is 18.4. The van der Waals surface area contributed by atoms with E-state index >= 15 is 0 Å². The van der Waals surface area contributed by atoms with Crippen molar-refractivity contribution in [3.05, 3.63) is 46.6 Å². The van der Waals surface area contributed by atoms with Crippen LogP contribution in [-0.2, 0) is 6.54 Å². The van der Waals surface area contributed by atoms with Gasteiger partial charge in [-0.3, -0.25) is 4.99 Å². The standard InChI is InChI=1S/C18H23BrN6O/c1-20-17(21-12-14-6-4-3-5-7-14)24-8-10-25(11-9-24)18-22-13-15(19)16(23-18)26-2/h3-7,13H,8-12H2,1-2H3,(H,20,21). The molecule has 0 atom stereocenters. The van der Waals surface area contributed by atoms with Crippen LogP contribution in [0.4, 0.5) is 5.95 Å². The molecule has 0 unspecified atom stereocenters. The van der Waals surface area contributed by atoms with Gasteiger partial charge in [0, 0.05) is 39.8 Å². The van der Waals surface area contributed by atoms with Crippen LogP contribution in [0.25, 0.3) is 0 Å². The van der Waals surface area contributed by atoms with Crippen LogP contribution in [0.1, 0.15) is 5.56 Å². The molecule has 1 aromatic heterocycles. The van der Waals surface area contributed by atoms with Gasteiger partial charge in [0.2, 0.25) is 11.8 Å². The lowest BCUT2D eigenvalue weighted by atomic mass is 10.2. The Morgan fingerprint density at radius 2 is 1.96 bits per heavy atom. The number of halogens is 1. The highest BCUT2D eigenvalue weighted by Gasteiger charge is 2.22. The van der Waals surface area contributed by atoms with Gasteiger partial charge < -0.3 is 19.9 Å². The maximum Gasteiger partial charge on any atom is 0.232 e. The topological polar surface area (TPSA) is 65.9 Å². The number of aromatic nitrogens is 2. The summed E-state index contributed by atoms with van der Waals surface area (Å²) in [4.78, 5) is 17.7. The summed E-state index contributed by atoms with van der Waals surface area (Å²) in [5.41, 5.74) is 1.24. The summed E-state index contributed by atoms with van der Waals surface area (Å²) in [6, 6.07) is 10.3. The number of guanidine groups is 1. The van der Waals surface area contributed by atoms with E-state index in [1.165, 1.54) is 5.56 Å². The summed E-state index contributed by atoms with van der Waals surface area (Å²) in [5.74, 6) is 2.16. The summed E-state index contributed by atoms with van der Waals surface area (Å²) in [5, 5.41) is 3.44. The van der Waals surface area contributed by atoms with Gasteiger partial charge in [0.1, 0.15) is 0 Å². The molecule has 1 aromatic carbocycles. The number of piperazine rings is 1. The van der Waals surface area contributed by atoms with E-state index in [0.717, 1.165) is 43.2 Å². The van der Waals surface area contributed by atoms with E-state index in [1.807, 2.05) is 25.2 Å². The lowest BCUT2D eigenvalue weighted by Crippen LogP contribution is -2.52. The average Bonchev–Trinajstić information content (AvgIpc) is 2.70. The smallest absolute Gasteiger partial charge is 0.232 e. The minimum Gasteiger partial charge on any atom is -0.480 e. The molecule has 0 amide bonds. The van der Waals surface area contributed by atoms with Gasteiger partial charge >= 0.3 is 0 Å². The number of nitrogens with one attached hydrogen (secondary N) is 1. The Morgan fingerprint density at radius 1 is 1.23 bits per heavy atom. The molecule has 0 saturated carbocycles. The van der Waals surface area contributed by atoms with Gasteiger partial charge in [-0.1, -0.05) is 30.3 Å². The zero-order chi connectivity index (χ0) is 18.4. The molecule has 2 heterocycles.